The largest absolute Gasteiger partial charge is 1.00 e. The fourth-order valence-corrected chi connectivity index (χ4v) is 2.19. The summed E-state index contributed by atoms with van der Waals surface area (Å²) in [6.45, 7) is 0. The molecule has 0 aromatic heterocycles. The molecule has 0 bridgehead atoms. The molecule has 1 aliphatic carbocycles. The van der Waals surface area contributed by atoms with Crippen LogP contribution in [0.5, 0.6) is 0 Å². The third-order valence-corrected chi connectivity index (χ3v) is 3.61. The zero-order valence-corrected chi connectivity index (χ0v) is 15.2. The van der Waals surface area contributed by atoms with E-state index in [4.69, 9.17) is 0 Å². The van der Waals surface area contributed by atoms with E-state index in [1.54, 1.807) is 0 Å². The second-order valence-electron chi connectivity index (χ2n) is 5.09. The molecule has 18 heteroatoms. The first-order valence-electron chi connectivity index (χ1n) is 5.68. The molecule has 0 radical (unpaired) electrons. The summed E-state index contributed by atoms with van der Waals surface area (Å²) in [5, 5.41) is 10.5. The standard InChI is InChI=1S/C9HF13O4.K/c10-3(11)4(12,13)6(16,17)8(19)7(18,5(3,14)15)25-2(26-8,1(23)24)9(20,21)22;/h(H,23,24);/q;+1/p-1. The second-order valence-corrected chi connectivity index (χ2v) is 5.09. The van der Waals surface area contributed by atoms with Gasteiger partial charge in [-0.2, -0.15) is 57.1 Å². The summed E-state index contributed by atoms with van der Waals surface area (Å²) < 4.78 is 177. The number of carbonyl (C=O) groups excluding carboxylic acids is 1. The van der Waals surface area contributed by atoms with Gasteiger partial charge in [0.05, 0.1) is 0 Å². The molecule has 1 saturated heterocycles. The molecule has 1 aliphatic heterocycles. The van der Waals surface area contributed by atoms with Gasteiger partial charge in [-0.25, -0.2) is 0 Å². The maximum Gasteiger partial charge on any atom is 1.00 e. The molecule has 2 aliphatic rings. The summed E-state index contributed by atoms with van der Waals surface area (Å²) in [4.78, 5) is 10.5. The van der Waals surface area contributed by atoms with Crippen LogP contribution in [0.25, 0.3) is 0 Å². The van der Waals surface area contributed by atoms with E-state index in [1.807, 2.05) is 0 Å². The topological polar surface area (TPSA) is 58.6 Å². The van der Waals surface area contributed by atoms with Gasteiger partial charge >= 0.3 is 98.7 Å². The number of hydrogen-bond donors (Lipinski definition) is 0. The van der Waals surface area contributed by atoms with E-state index < -0.39 is 53.3 Å². The van der Waals surface area contributed by atoms with Crippen molar-refractivity contribution in [3.05, 3.63) is 0 Å². The molecule has 2 fully saturated rings. The Hall–Kier alpha value is 0.116. The Morgan fingerprint density at radius 1 is 0.667 bits per heavy atom. The minimum absolute atomic E-state index is 0. The molecule has 0 amide bonds. The van der Waals surface area contributed by atoms with Gasteiger partial charge in [0.15, 0.2) is 0 Å². The summed E-state index contributed by atoms with van der Waals surface area (Å²) in [5.74, 6) is -54.3. The van der Waals surface area contributed by atoms with Gasteiger partial charge in [-0.05, 0) is 0 Å². The number of carbonyl (C=O) groups is 1. The zero-order valence-electron chi connectivity index (χ0n) is 12.0. The first kappa shape index (κ1) is 25.2. The van der Waals surface area contributed by atoms with Crippen molar-refractivity contribution in [2.75, 3.05) is 0 Å². The molecule has 0 aromatic carbocycles. The number of aliphatic carboxylic acids is 1. The summed E-state index contributed by atoms with van der Waals surface area (Å²) in [6, 6.07) is 0. The monoisotopic (exact) mass is 458 g/mol. The third-order valence-electron chi connectivity index (χ3n) is 3.61. The van der Waals surface area contributed by atoms with Gasteiger partial charge < -0.3 is 9.90 Å². The predicted octanol–water partition coefficient (Wildman–Crippen LogP) is -1.07. The molecule has 0 aromatic rings. The van der Waals surface area contributed by atoms with Gasteiger partial charge in [0.25, 0.3) is 0 Å². The van der Waals surface area contributed by atoms with Crippen LogP contribution in [0.2, 0.25) is 0 Å². The fourth-order valence-electron chi connectivity index (χ4n) is 2.19. The van der Waals surface area contributed by atoms with Crippen molar-refractivity contribution in [1.29, 1.82) is 0 Å². The normalized spacial score (nSPS) is 41.4. The van der Waals surface area contributed by atoms with Gasteiger partial charge in [0.2, 0.25) is 0 Å². The number of carboxylic acids is 1. The Morgan fingerprint density at radius 2 is 0.926 bits per heavy atom. The number of carboxylic acid groups (broad SMARTS) is 1. The van der Waals surface area contributed by atoms with Crippen molar-refractivity contribution in [2.45, 2.75) is 47.4 Å². The van der Waals surface area contributed by atoms with Gasteiger partial charge in [-0.3, -0.25) is 9.47 Å². The molecular formula is C9F13KO4. The fraction of sp³-hybridized carbons (Fsp3) is 0.889. The van der Waals surface area contributed by atoms with Crippen LogP contribution in [0.1, 0.15) is 0 Å². The summed E-state index contributed by atoms with van der Waals surface area (Å²) >= 11 is 0. The van der Waals surface area contributed by atoms with Crippen molar-refractivity contribution in [1.82, 2.24) is 0 Å². The Balaban J connectivity index is 0.00000364. The number of alkyl halides is 13. The first-order valence-corrected chi connectivity index (χ1v) is 5.68. The Bertz CT molecular complexity index is 623. The van der Waals surface area contributed by atoms with Crippen LogP contribution in [0.3, 0.4) is 0 Å². The molecule has 2 rings (SSSR count). The Kier molecular flexibility index (Phi) is 5.44. The van der Waals surface area contributed by atoms with E-state index >= 15 is 0 Å². The molecule has 1 heterocycles. The molecular weight excluding hydrogens is 458 g/mol. The van der Waals surface area contributed by atoms with E-state index in [2.05, 4.69) is 9.47 Å². The number of hydrogen-bond acceptors (Lipinski definition) is 4. The quantitative estimate of drug-likeness (QED) is 0.371. The smallest absolute Gasteiger partial charge is 0.544 e. The minimum atomic E-state index is -7.55. The third kappa shape index (κ3) is 2.31. The molecule has 4 nitrogen and oxygen atoms in total. The number of ether oxygens (including phenoxy) is 2. The van der Waals surface area contributed by atoms with Crippen LogP contribution in [-0.4, -0.2) is 53.3 Å². The van der Waals surface area contributed by atoms with Crippen LogP contribution in [-0.2, 0) is 14.3 Å². The molecule has 1 saturated carbocycles. The van der Waals surface area contributed by atoms with Crippen LogP contribution < -0.4 is 56.5 Å². The summed E-state index contributed by atoms with van der Waals surface area (Å²) in [6.07, 6.45) is -6.92. The van der Waals surface area contributed by atoms with E-state index in [-0.39, 0.29) is 51.4 Å². The first-order chi connectivity index (χ1) is 11.1. The summed E-state index contributed by atoms with van der Waals surface area (Å²) in [5.41, 5.74) is 0. The van der Waals surface area contributed by atoms with Crippen LogP contribution in [0.15, 0.2) is 0 Å². The average Bonchev–Trinajstić information content (AvgIpc) is 2.69. The maximum atomic E-state index is 14.1. The Labute approximate surface area is 180 Å². The predicted molar refractivity (Wildman–Crippen MR) is 43.4 cm³/mol. The number of halogens is 13. The van der Waals surface area contributed by atoms with Crippen molar-refractivity contribution >= 4 is 5.97 Å². The Morgan fingerprint density at radius 3 is 1.11 bits per heavy atom. The van der Waals surface area contributed by atoms with E-state index in [0.717, 1.165) is 0 Å². The van der Waals surface area contributed by atoms with Crippen molar-refractivity contribution in [2.24, 2.45) is 0 Å². The molecule has 152 valence electrons. The zero-order chi connectivity index (χ0) is 21.0. The van der Waals surface area contributed by atoms with Crippen molar-refractivity contribution in [3.63, 3.8) is 0 Å². The minimum Gasteiger partial charge on any atom is -0.544 e. The SMILES string of the molecule is O=C([O-])C1(C(F)(F)F)OC2(F)C(F)(F)C(F)(F)C(F)(F)C(F)(F)C2(F)O1.[K+]. The molecule has 2 unspecified atom stereocenters. The molecule has 0 spiro atoms. The van der Waals surface area contributed by atoms with Gasteiger partial charge in [0.1, 0.15) is 5.97 Å². The van der Waals surface area contributed by atoms with Crippen molar-refractivity contribution < 1.29 is 128 Å². The number of rotatable bonds is 1. The summed E-state index contributed by atoms with van der Waals surface area (Å²) in [7, 11) is 0. The second kappa shape index (κ2) is 5.84. The van der Waals surface area contributed by atoms with E-state index in [9.17, 15) is 67.0 Å². The molecule has 0 N–H and O–H groups in total. The van der Waals surface area contributed by atoms with Crippen LogP contribution in [0.4, 0.5) is 57.1 Å². The average molecular weight is 458 g/mol. The molecule has 27 heavy (non-hydrogen) atoms. The van der Waals surface area contributed by atoms with E-state index in [0.29, 0.717) is 0 Å². The van der Waals surface area contributed by atoms with Crippen LogP contribution >= 0.6 is 0 Å². The van der Waals surface area contributed by atoms with E-state index in [1.165, 1.54) is 0 Å². The van der Waals surface area contributed by atoms with Crippen molar-refractivity contribution in [3.8, 4) is 0 Å². The van der Waals surface area contributed by atoms with Crippen LogP contribution in [0, 0.1) is 0 Å². The number of fused-ring (bicyclic) bond motifs is 1. The molecule has 2 atom stereocenters. The van der Waals surface area contributed by atoms with Gasteiger partial charge in [-0.15, -0.1) is 0 Å². The van der Waals surface area contributed by atoms with Gasteiger partial charge in [0, 0.05) is 0 Å². The van der Waals surface area contributed by atoms with Gasteiger partial charge in [-0.1, -0.05) is 0 Å². The maximum absolute atomic E-state index is 14.1.